The van der Waals surface area contributed by atoms with E-state index in [4.69, 9.17) is 0 Å². The van der Waals surface area contributed by atoms with Crippen molar-refractivity contribution < 1.29 is 19.5 Å². The monoisotopic (exact) mass is 529 g/mol. The van der Waals surface area contributed by atoms with Gasteiger partial charge in [0.1, 0.15) is 10.9 Å². The molecular weight excluding hydrogens is 486 g/mol. The van der Waals surface area contributed by atoms with Gasteiger partial charge in [-0.2, -0.15) is 0 Å². The first-order valence-electron chi connectivity index (χ1n) is 13.5. The van der Waals surface area contributed by atoms with E-state index in [1.165, 1.54) is 0 Å². The van der Waals surface area contributed by atoms with Gasteiger partial charge < -0.3 is 14.9 Å². The molecule has 1 atom stereocenters. The molecule has 0 bridgehead atoms. The van der Waals surface area contributed by atoms with Crippen LogP contribution in [0, 0.1) is 29.1 Å². The zero-order valence-electron chi connectivity index (χ0n) is 23.3. The van der Waals surface area contributed by atoms with Crippen molar-refractivity contribution in [3.05, 3.63) is 15.8 Å². The number of carboxylic acid groups (broad SMARTS) is 1. The van der Waals surface area contributed by atoms with E-state index in [-0.39, 0.29) is 28.0 Å². The minimum absolute atomic E-state index is 0.0765. The maximum absolute atomic E-state index is 14.2. The summed E-state index contributed by atoms with van der Waals surface area (Å²) in [5, 5.41) is 10.1. The predicted molar refractivity (Wildman–Crippen MR) is 149 cm³/mol. The van der Waals surface area contributed by atoms with Gasteiger partial charge in [0, 0.05) is 31.0 Å². The Morgan fingerprint density at radius 1 is 1.14 bits per heavy atom. The van der Waals surface area contributed by atoms with Crippen molar-refractivity contribution in [3.8, 4) is 11.8 Å². The van der Waals surface area contributed by atoms with E-state index >= 15 is 0 Å². The second-order valence-corrected chi connectivity index (χ2v) is 13.0. The number of hydrogen-bond donors (Lipinski definition) is 1. The molecule has 2 amide bonds. The number of rotatable bonds is 7. The van der Waals surface area contributed by atoms with Crippen molar-refractivity contribution >= 4 is 34.8 Å². The van der Waals surface area contributed by atoms with Crippen LogP contribution in [0.3, 0.4) is 0 Å². The minimum atomic E-state index is -1.09. The van der Waals surface area contributed by atoms with E-state index in [2.05, 4.69) is 18.8 Å². The number of thiophene rings is 1. The predicted octanol–water partition coefficient (Wildman–Crippen LogP) is 4.95. The van der Waals surface area contributed by atoms with Crippen molar-refractivity contribution in [2.24, 2.45) is 17.3 Å². The Morgan fingerprint density at radius 3 is 2.41 bits per heavy atom. The van der Waals surface area contributed by atoms with Crippen LogP contribution in [0.4, 0.5) is 5.69 Å². The summed E-state index contributed by atoms with van der Waals surface area (Å²) in [6.45, 7) is 10.2. The number of carboxylic acids is 1. The van der Waals surface area contributed by atoms with Crippen molar-refractivity contribution in [3.63, 3.8) is 0 Å². The zero-order valence-corrected chi connectivity index (χ0v) is 24.1. The third-order valence-corrected chi connectivity index (χ3v) is 8.24. The lowest BCUT2D eigenvalue weighted by molar-refractivity contribution is -0.135. The summed E-state index contributed by atoms with van der Waals surface area (Å²) in [4.78, 5) is 46.6. The summed E-state index contributed by atoms with van der Waals surface area (Å²) >= 11 is 1.09. The largest absolute Gasteiger partial charge is 0.477 e. The molecule has 1 aliphatic heterocycles. The third-order valence-electron chi connectivity index (χ3n) is 7.21. The van der Waals surface area contributed by atoms with E-state index in [0.29, 0.717) is 36.0 Å². The highest BCUT2D eigenvalue weighted by Gasteiger charge is 2.40. The van der Waals surface area contributed by atoms with E-state index in [1.54, 1.807) is 11.0 Å². The number of anilines is 1. The fourth-order valence-corrected chi connectivity index (χ4v) is 5.88. The molecule has 3 rings (SSSR count). The minimum Gasteiger partial charge on any atom is -0.477 e. The van der Waals surface area contributed by atoms with Gasteiger partial charge in [-0.1, -0.05) is 18.8 Å². The quantitative estimate of drug-likeness (QED) is 0.506. The van der Waals surface area contributed by atoms with E-state index in [9.17, 15) is 19.5 Å². The summed E-state index contributed by atoms with van der Waals surface area (Å²) in [5.41, 5.74) is 0.0820. The van der Waals surface area contributed by atoms with Crippen LogP contribution in [0.1, 0.15) is 87.2 Å². The van der Waals surface area contributed by atoms with Gasteiger partial charge in [-0.15, -0.1) is 11.3 Å². The molecule has 0 radical (unpaired) electrons. The van der Waals surface area contributed by atoms with Gasteiger partial charge in [-0.05, 0) is 91.8 Å². The molecule has 1 aliphatic carbocycles. The van der Waals surface area contributed by atoms with E-state index < -0.39 is 12.0 Å². The molecule has 37 heavy (non-hydrogen) atoms. The van der Waals surface area contributed by atoms with Crippen LogP contribution in [0.15, 0.2) is 6.07 Å². The molecule has 1 saturated heterocycles. The highest BCUT2D eigenvalue weighted by molar-refractivity contribution is 7.15. The maximum atomic E-state index is 14.2. The molecule has 0 unspecified atom stereocenters. The molecule has 1 N–H and O–H groups in total. The van der Waals surface area contributed by atoms with Crippen LogP contribution in [0.25, 0.3) is 0 Å². The Bertz CT molecular complexity index is 1040. The third kappa shape index (κ3) is 7.81. The molecule has 1 saturated carbocycles. The lowest BCUT2D eigenvalue weighted by atomic mass is 9.82. The molecule has 1 aromatic rings. The fraction of sp³-hybridized carbons (Fsp3) is 0.690. The number of carbonyl (C=O) groups excluding carboxylic acids is 2. The fourth-order valence-electron chi connectivity index (χ4n) is 5.04. The molecule has 2 heterocycles. The topological polar surface area (TPSA) is 81.2 Å². The lowest BCUT2D eigenvalue weighted by Gasteiger charge is -2.36. The van der Waals surface area contributed by atoms with Gasteiger partial charge in [0.2, 0.25) is 11.8 Å². The molecule has 0 aromatic carbocycles. The number of aromatic carboxylic acids is 1. The zero-order chi connectivity index (χ0) is 27.3. The summed E-state index contributed by atoms with van der Waals surface area (Å²) in [7, 11) is 3.95. The first-order chi connectivity index (χ1) is 17.4. The van der Waals surface area contributed by atoms with E-state index in [0.717, 1.165) is 56.4 Å². The number of amides is 2. The average molecular weight is 530 g/mol. The Morgan fingerprint density at radius 2 is 1.81 bits per heavy atom. The maximum Gasteiger partial charge on any atom is 0.348 e. The molecular formula is C29H43N3O4S. The van der Waals surface area contributed by atoms with Crippen LogP contribution < -0.4 is 4.90 Å². The lowest BCUT2D eigenvalue weighted by Crippen LogP contribution is -2.53. The van der Waals surface area contributed by atoms with Gasteiger partial charge in [0.15, 0.2) is 0 Å². The van der Waals surface area contributed by atoms with Crippen molar-refractivity contribution in [1.82, 2.24) is 9.80 Å². The smallest absolute Gasteiger partial charge is 0.348 e. The molecule has 204 valence electrons. The molecule has 0 spiro atoms. The molecule has 1 aromatic heterocycles. The summed E-state index contributed by atoms with van der Waals surface area (Å²) in [6.07, 6.45) is 5.69. The summed E-state index contributed by atoms with van der Waals surface area (Å²) in [6, 6.07) is 1.02. The first-order valence-corrected chi connectivity index (χ1v) is 14.4. The summed E-state index contributed by atoms with van der Waals surface area (Å²) in [5.74, 6) is 5.37. The number of hydrogen-bond acceptors (Lipinski definition) is 5. The summed E-state index contributed by atoms with van der Waals surface area (Å²) < 4.78 is 0. The van der Waals surface area contributed by atoms with Gasteiger partial charge in [0.05, 0.1) is 10.6 Å². The molecule has 8 heteroatoms. The Balaban J connectivity index is 2.07. The van der Waals surface area contributed by atoms with Crippen molar-refractivity contribution in [2.75, 3.05) is 38.6 Å². The van der Waals surface area contributed by atoms with Crippen LogP contribution in [-0.4, -0.2) is 72.5 Å². The highest BCUT2D eigenvalue weighted by atomic mass is 32.1. The molecule has 2 fully saturated rings. The first kappa shape index (κ1) is 29.2. The Labute approximate surface area is 226 Å². The van der Waals surface area contributed by atoms with Crippen LogP contribution in [-0.2, 0) is 9.59 Å². The van der Waals surface area contributed by atoms with Gasteiger partial charge in [0.25, 0.3) is 0 Å². The van der Waals surface area contributed by atoms with Crippen molar-refractivity contribution in [1.29, 1.82) is 0 Å². The van der Waals surface area contributed by atoms with Crippen molar-refractivity contribution in [2.45, 2.75) is 78.7 Å². The van der Waals surface area contributed by atoms with Gasteiger partial charge in [-0.3, -0.25) is 14.5 Å². The Hall–Kier alpha value is -2.37. The number of nitrogens with zero attached hydrogens (tertiary/aromatic N) is 3. The van der Waals surface area contributed by atoms with Gasteiger partial charge >= 0.3 is 5.97 Å². The van der Waals surface area contributed by atoms with Crippen LogP contribution >= 0.6 is 11.3 Å². The molecule has 7 nitrogen and oxygen atoms in total. The van der Waals surface area contributed by atoms with E-state index in [1.807, 2.05) is 44.7 Å². The average Bonchev–Trinajstić information content (AvgIpc) is 3.16. The number of carbonyl (C=O) groups is 3. The SMILES string of the molecule is CC1CCC(C(=O)N(c2cc(C#CC(C)(C)C)sc2C(=O)O)[C@@H]2CCCCN(CCN(C)C)C2=O)CC1. The second-order valence-electron chi connectivity index (χ2n) is 11.9. The second kappa shape index (κ2) is 12.4. The standard InChI is InChI=1S/C29H43N3O4S/c1-20-10-12-21(13-11-20)26(33)32(23-9-7-8-16-31(27(23)34)18-17-30(5)6)24-19-22(14-15-29(2,3)4)37-25(24)28(35)36/h19-21,23H,7-13,16-18H2,1-6H3,(H,35,36)/t20?,21?,23-/m1/s1. The van der Waals surface area contributed by atoms with Crippen LogP contribution in [0.2, 0.25) is 0 Å². The van der Waals surface area contributed by atoms with Gasteiger partial charge in [-0.25, -0.2) is 4.79 Å². The highest BCUT2D eigenvalue weighted by Crippen LogP contribution is 2.37. The number of likely N-dealkylation sites (N-methyl/N-ethyl adjacent to an activating group) is 1. The molecule has 2 aliphatic rings. The Kier molecular flexibility index (Phi) is 9.82. The number of likely N-dealkylation sites (tertiary alicyclic amines) is 1. The normalized spacial score (nSPS) is 22.8. The van der Waals surface area contributed by atoms with Crippen LogP contribution in [0.5, 0.6) is 0 Å².